The average Bonchev–Trinajstić information content (AvgIpc) is 2.71. The smallest absolute Gasteiger partial charge is 0.263 e. The van der Waals surface area contributed by atoms with Crippen LogP contribution in [0.2, 0.25) is 0 Å². The van der Waals surface area contributed by atoms with E-state index in [0.29, 0.717) is 17.1 Å². The van der Waals surface area contributed by atoms with Crippen LogP contribution < -0.4 is 11.1 Å². The molecule has 0 aliphatic heterocycles. The lowest BCUT2D eigenvalue weighted by Gasteiger charge is -2.09. The number of fused-ring (bicyclic) bond motifs is 1. The van der Waals surface area contributed by atoms with E-state index in [0.717, 1.165) is 28.9 Å². The molecule has 108 valence electrons. The quantitative estimate of drug-likeness (QED) is 0.825. The standard InChI is InChI=1S/C14H20N4OS/c1-9-5-6-10-11(15)12(20-14(10)17-9)13(19)16-7-4-8-18(2)3/h5-6H,4,7-8,15H2,1-3H3,(H,16,19). The van der Waals surface area contributed by atoms with Crippen molar-refractivity contribution in [2.45, 2.75) is 13.3 Å². The van der Waals surface area contributed by atoms with Crippen molar-refractivity contribution in [3.05, 3.63) is 22.7 Å². The van der Waals surface area contributed by atoms with Gasteiger partial charge < -0.3 is 16.0 Å². The normalized spacial score (nSPS) is 11.2. The lowest BCUT2D eigenvalue weighted by atomic mass is 10.2. The van der Waals surface area contributed by atoms with Crippen LogP contribution in [-0.4, -0.2) is 43.0 Å². The van der Waals surface area contributed by atoms with E-state index in [1.807, 2.05) is 33.2 Å². The Bertz CT molecular complexity index is 621. The number of nitrogens with zero attached hydrogens (tertiary/aromatic N) is 2. The molecule has 0 aliphatic carbocycles. The number of hydrogen-bond donors (Lipinski definition) is 2. The first-order chi connectivity index (χ1) is 9.49. The van der Waals surface area contributed by atoms with Gasteiger partial charge in [0.2, 0.25) is 0 Å². The van der Waals surface area contributed by atoms with E-state index in [9.17, 15) is 4.79 Å². The minimum Gasteiger partial charge on any atom is -0.397 e. The summed E-state index contributed by atoms with van der Waals surface area (Å²) in [6.45, 7) is 3.52. The van der Waals surface area contributed by atoms with Crippen LogP contribution in [0.3, 0.4) is 0 Å². The highest BCUT2D eigenvalue weighted by Crippen LogP contribution is 2.32. The number of nitrogens with one attached hydrogen (secondary N) is 1. The first-order valence-corrected chi connectivity index (χ1v) is 7.39. The van der Waals surface area contributed by atoms with Crippen molar-refractivity contribution in [1.82, 2.24) is 15.2 Å². The number of hydrogen-bond acceptors (Lipinski definition) is 5. The van der Waals surface area contributed by atoms with Gasteiger partial charge in [-0.1, -0.05) is 0 Å². The summed E-state index contributed by atoms with van der Waals surface area (Å²) < 4.78 is 0. The Kier molecular flexibility index (Phi) is 4.57. The number of thiophene rings is 1. The van der Waals surface area contributed by atoms with E-state index in [2.05, 4.69) is 15.2 Å². The summed E-state index contributed by atoms with van der Waals surface area (Å²) in [7, 11) is 4.03. The Balaban J connectivity index is 2.08. The number of pyridine rings is 1. The number of nitrogen functional groups attached to an aromatic ring is 1. The van der Waals surface area contributed by atoms with E-state index in [4.69, 9.17) is 5.73 Å². The van der Waals surface area contributed by atoms with Crippen molar-refractivity contribution in [3.8, 4) is 0 Å². The van der Waals surface area contributed by atoms with Crippen molar-refractivity contribution in [2.24, 2.45) is 0 Å². The molecule has 0 unspecified atom stereocenters. The summed E-state index contributed by atoms with van der Waals surface area (Å²) in [5, 5.41) is 3.77. The zero-order valence-corrected chi connectivity index (χ0v) is 12.9. The molecule has 0 aromatic carbocycles. The van der Waals surface area contributed by atoms with Crippen LogP contribution in [0.25, 0.3) is 10.2 Å². The topological polar surface area (TPSA) is 71.2 Å². The number of carbonyl (C=O) groups is 1. The third kappa shape index (κ3) is 3.26. The molecule has 0 atom stereocenters. The predicted molar refractivity (Wildman–Crippen MR) is 84.3 cm³/mol. The van der Waals surface area contributed by atoms with Gasteiger partial charge in [-0.2, -0.15) is 0 Å². The highest BCUT2D eigenvalue weighted by atomic mass is 32.1. The molecule has 2 aromatic heterocycles. The number of anilines is 1. The molecule has 6 heteroatoms. The fraction of sp³-hybridized carbons (Fsp3) is 0.429. The molecule has 2 heterocycles. The van der Waals surface area contributed by atoms with Crippen LogP contribution in [0.1, 0.15) is 21.8 Å². The number of amides is 1. The Morgan fingerprint density at radius 1 is 1.45 bits per heavy atom. The summed E-state index contributed by atoms with van der Waals surface area (Å²) in [5.74, 6) is -0.109. The molecule has 0 saturated heterocycles. The summed E-state index contributed by atoms with van der Waals surface area (Å²) in [6, 6.07) is 3.83. The van der Waals surface area contributed by atoms with Gasteiger partial charge in [-0.3, -0.25) is 4.79 Å². The van der Waals surface area contributed by atoms with Crippen molar-refractivity contribution in [1.29, 1.82) is 0 Å². The maximum atomic E-state index is 12.1. The van der Waals surface area contributed by atoms with E-state index in [-0.39, 0.29) is 5.91 Å². The summed E-state index contributed by atoms with van der Waals surface area (Å²) in [4.78, 5) is 20.0. The van der Waals surface area contributed by atoms with Crippen molar-refractivity contribution in [3.63, 3.8) is 0 Å². The van der Waals surface area contributed by atoms with Crippen molar-refractivity contribution < 1.29 is 4.79 Å². The molecule has 20 heavy (non-hydrogen) atoms. The summed E-state index contributed by atoms with van der Waals surface area (Å²) >= 11 is 1.35. The fourth-order valence-electron chi connectivity index (χ4n) is 1.94. The van der Waals surface area contributed by atoms with E-state index < -0.39 is 0 Å². The van der Waals surface area contributed by atoms with Gasteiger partial charge in [0.25, 0.3) is 5.91 Å². The lowest BCUT2D eigenvalue weighted by molar-refractivity contribution is 0.0957. The van der Waals surface area contributed by atoms with Crippen LogP contribution in [0, 0.1) is 6.92 Å². The third-order valence-corrected chi connectivity index (χ3v) is 4.12. The molecule has 0 spiro atoms. The summed E-state index contributed by atoms with van der Waals surface area (Å²) in [5.41, 5.74) is 7.50. The van der Waals surface area contributed by atoms with E-state index in [1.165, 1.54) is 11.3 Å². The van der Waals surface area contributed by atoms with E-state index >= 15 is 0 Å². The highest BCUT2D eigenvalue weighted by Gasteiger charge is 2.16. The van der Waals surface area contributed by atoms with Crippen LogP contribution in [-0.2, 0) is 0 Å². The van der Waals surface area contributed by atoms with E-state index in [1.54, 1.807) is 0 Å². The van der Waals surface area contributed by atoms with Crippen LogP contribution >= 0.6 is 11.3 Å². The summed E-state index contributed by atoms with van der Waals surface area (Å²) in [6.07, 6.45) is 0.918. The molecule has 5 nitrogen and oxygen atoms in total. The van der Waals surface area contributed by atoms with Gasteiger partial charge in [0.1, 0.15) is 9.71 Å². The third-order valence-electron chi connectivity index (χ3n) is 3.01. The van der Waals surface area contributed by atoms with Gasteiger partial charge in [-0.25, -0.2) is 4.98 Å². The van der Waals surface area contributed by atoms with Gasteiger partial charge in [0, 0.05) is 17.6 Å². The molecular formula is C14H20N4OS. The molecule has 2 rings (SSSR count). The minimum atomic E-state index is -0.109. The average molecular weight is 292 g/mol. The molecule has 0 radical (unpaired) electrons. The Hall–Kier alpha value is -1.66. The molecule has 0 saturated carbocycles. The Morgan fingerprint density at radius 2 is 2.20 bits per heavy atom. The van der Waals surface area contributed by atoms with Gasteiger partial charge in [-0.05, 0) is 46.1 Å². The number of nitrogens with two attached hydrogens (primary N) is 1. The largest absolute Gasteiger partial charge is 0.397 e. The zero-order chi connectivity index (χ0) is 14.7. The van der Waals surface area contributed by atoms with Crippen molar-refractivity contribution >= 4 is 33.1 Å². The maximum Gasteiger partial charge on any atom is 0.263 e. The number of rotatable bonds is 5. The molecule has 2 aromatic rings. The predicted octanol–water partition coefficient (Wildman–Crippen LogP) is 1.87. The SMILES string of the molecule is Cc1ccc2c(N)c(C(=O)NCCCN(C)C)sc2n1. The first kappa shape index (κ1) is 14.7. The number of aromatic nitrogens is 1. The van der Waals surface area contributed by atoms with Gasteiger partial charge in [0.05, 0.1) is 5.69 Å². The fourth-order valence-corrected chi connectivity index (χ4v) is 2.99. The highest BCUT2D eigenvalue weighted by molar-refractivity contribution is 7.21. The molecule has 0 bridgehead atoms. The second kappa shape index (κ2) is 6.19. The molecule has 3 N–H and O–H groups in total. The van der Waals surface area contributed by atoms with Gasteiger partial charge >= 0.3 is 0 Å². The van der Waals surface area contributed by atoms with Crippen LogP contribution in [0.15, 0.2) is 12.1 Å². The number of carbonyl (C=O) groups excluding carboxylic acids is 1. The molecule has 0 aliphatic rings. The van der Waals surface area contributed by atoms with Crippen LogP contribution in [0.4, 0.5) is 5.69 Å². The first-order valence-electron chi connectivity index (χ1n) is 6.57. The minimum absolute atomic E-state index is 0.109. The molecular weight excluding hydrogens is 272 g/mol. The Labute approximate surface area is 122 Å². The van der Waals surface area contributed by atoms with Crippen LogP contribution in [0.5, 0.6) is 0 Å². The van der Waals surface area contributed by atoms with Gasteiger partial charge in [-0.15, -0.1) is 11.3 Å². The molecule has 1 amide bonds. The second-order valence-electron chi connectivity index (χ2n) is 5.06. The molecule has 0 fully saturated rings. The maximum absolute atomic E-state index is 12.1. The monoisotopic (exact) mass is 292 g/mol. The van der Waals surface area contributed by atoms with Gasteiger partial charge in [0.15, 0.2) is 0 Å². The van der Waals surface area contributed by atoms with Crippen molar-refractivity contribution in [2.75, 3.05) is 32.9 Å². The second-order valence-corrected chi connectivity index (χ2v) is 6.06. The zero-order valence-electron chi connectivity index (χ0n) is 12.1. The Morgan fingerprint density at radius 3 is 2.90 bits per heavy atom. The lowest BCUT2D eigenvalue weighted by Crippen LogP contribution is -2.27. The number of aryl methyl sites for hydroxylation is 1.